The summed E-state index contributed by atoms with van der Waals surface area (Å²) in [6, 6.07) is 0.0316. The van der Waals surface area contributed by atoms with Crippen LogP contribution in [-0.2, 0) is 19.1 Å². The summed E-state index contributed by atoms with van der Waals surface area (Å²) in [7, 11) is 0. The molecule has 5 nitrogen and oxygen atoms in total. The summed E-state index contributed by atoms with van der Waals surface area (Å²) >= 11 is 0. The number of Topliss-reactive ketones (excluding diaryl/α,β-unsaturated/α-hetero) is 1. The van der Waals surface area contributed by atoms with E-state index in [0.717, 1.165) is 19.3 Å². The molecule has 0 bridgehead atoms. The molecule has 7 unspecified atom stereocenters. The number of ketones is 1. The second kappa shape index (κ2) is 8.39. The van der Waals surface area contributed by atoms with Gasteiger partial charge in [0.2, 0.25) is 5.91 Å². The SMILES string of the molecule is CC1=CC2/C=C(\C)CCC3OC(C)(C)OC3CCC(=O)C23C(=O)NC(CC(C)C)C3C1C. The molecular weight excluding hydrogens is 402 g/mol. The molecule has 2 fully saturated rings. The topological polar surface area (TPSA) is 64.6 Å². The van der Waals surface area contributed by atoms with E-state index in [1.54, 1.807) is 0 Å². The van der Waals surface area contributed by atoms with E-state index >= 15 is 0 Å². The summed E-state index contributed by atoms with van der Waals surface area (Å²) in [6.45, 7) is 14.7. The predicted molar refractivity (Wildman–Crippen MR) is 125 cm³/mol. The molecule has 1 N–H and O–H groups in total. The molecule has 5 heteroatoms. The number of amides is 1. The van der Waals surface area contributed by atoms with Gasteiger partial charge in [-0.15, -0.1) is 0 Å². The number of hydrogen-bond donors (Lipinski definition) is 1. The van der Waals surface area contributed by atoms with Crippen molar-refractivity contribution in [2.75, 3.05) is 0 Å². The van der Waals surface area contributed by atoms with Gasteiger partial charge in [0, 0.05) is 24.3 Å². The van der Waals surface area contributed by atoms with Gasteiger partial charge in [-0.1, -0.05) is 44.1 Å². The first-order chi connectivity index (χ1) is 15.0. The van der Waals surface area contributed by atoms with Crippen LogP contribution in [0.3, 0.4) is 0 Å². The Bertz CT molecular complexity index is 841. The molecule has 1 amide bonds. The van der Waals surface area contributed by atoms with E-state index in [1.165, 1.54) is 11.1 Å². The second-order valence-electron chi connectivity index (χ2n) is 11.6. The third kappa shape index (κ3) is 3.90. The number of fused-ring (bicyclic) bond motifs is 1. The highest BCUT2D eigenvalue weighted by Crippen LogP contribution is 2.55. The average molecular weight is 444 g/mol. The van der Waals surface area contributed by atoms with Gasteiger partial charge in [0.25, 0.3) is 0 Å². The second-order valence-corrected chi connectivity index (χ2v) is 11.6. The van der Waals surface area contributed by atoms with Crippen molar-refractivity contribution in [1.82, 2.24) is 5.32 Å². The molecule has 2 saturated heterocycles. The van der Waals surface area contributed by atoms with E-state index in [4.69, 9.17) is 9.47 Å². The minimum absolute atomic E-state index is 0.0160. The number of nitrogens with one attached hydrogen (secondary N) is 1. The number of allylic oxidation sites excluding steroid dienone is 4. The van der Waals surface area contributed by atoms with Crippen molar-refractivity contribution in [3.8, 4) is 0 Å². The van der Waals surface area contributed by atoms with E-state index in [-0.39, 0.29) is 47.7 Å². The van der Waals surface area contributed by atoms with Crippen LogP contribution in [0.2, 0.25) is 0 Å². The number of rotatable bonds is 2. The van der Waals surface area contributed by atoms with Gasteiger partial charge in [-0.3, -0.25) is 9.59 Å². The Kier molecular flexibility index (Phi) is 6.21. The molecule has 32 heavy (non-hydrogen) atoms. The molecule has 1 spiro atoms. The van der Waals surface area contributed by atoms with Crippen molar-refractivity contribution >= 4 is 11.7 Å². The molecule has 2 aliphatic heterocycles. The standard InChI is InChI=1S/C27H41NO4/c1-15(2)12-20-24-18(5)17(4)14-19-13-16(3)8-9-21-22(32-26(6,7)31-21)10-11-23(29)27(19,24)25(30)28-20/h13-15,18-22,24H,8-12H2,1-7H3,(H,28,30)/b16-13+. The molecule has 4 aliphatic rings. The summed E-state index contributed by atoms with van der Waals surface area (Å²) < 4.78 is 12.4. The third-order valence-electron chi connectivity index (χ3n) is 8.29. The van der Waals surface area contributed by atoms with Gasteiger partial charge in [-0.05, 0) is 65.2 Å². The fourth-order valence-corrected chi connectivity index (χ4v) is 6.84. The minimum Gasteiger partial charge on any atom is -0.352 e. The van der Waals surface area contributed by atoms with Crippen molar-refractivity contribution in [2.24, 2.45) is 29.1 Å². The zero-order valence-corrected chi connectivity index (χ0v) is 20.9. The minimum atomic E-state index is -1.02. The normalized spacial score (nSPS) is 43.4. The van der Waals surface area contributed by atoms with Crippen LogP contribution in [0, 0.1) is 29.1 Å². The highest BCUT2D eigenvalue weighted by Gasteiger charge is 2.65. The fourth-order valence-electron chi connectivity index (χ4n) is 6.84. The molecular formula is C27H41NO4. The highest BCUT2D eigenvalue weighted by atomic mass is 16.7. The van der Waals surface area contributed by atoms with Crippen LogP contribution in [0.15, 0.2) is 23.3 Å². The van der Waals surface area contributed by atoms with E-state index in [0.29, 0.717) is 18.8 Å². The zero-order chi connectivity index (χ0) is 23.4. The van der Waals surface area contributed by atoms with Gasteiger partial charge in [0.05, 0.1) is 12.2 Å². The molecule has 0 aromatic heterocycles. The Labute approximate surface area is 193 Å². The first-order valence-electron chi connectivity index (χ1n) is 12.5. The maximum atomic E-state index is 14.1. The highest BCUT2D eigenvalue weighted by molar-refractivity contribution is 6.09. The van der Waals surface area contributed by atoms with Crippen molar-refractivity contribution in [2.45, 2.75) is 105 Å². The van der Waals surface area contributed by atoms with Crippen LogP contribution in [0.25, 0.3) is 0 Å². The number of ether oxygens (including phenoxy) is 2. The quantitative estimate of drug-likeness (QED) is 0.484. The van der Waals surface area contributed by atoms with Gasteiger partial charge in [0.15, 0.2) is 5.79 Å². The van der Waals surface area contributed by atoms with Crippen LogP contribution < -0.4 is 5.32 Å². The largest absolute Gasteiger partial charge is 0.352 e. The van der Waals surface area contributed by atoms with Gasteiger partial charge >= 0.3 is 0 Å². The molecule has 4 rings (SSSR count). The molecule has 2 aliphatic carbocycles. The van der Waals surface area contributed by atoms with Gasteiger partial charge in [-0.2, -0.15) is 0 Å². The molecule has 0 aromatic carbocycles. The molecule has 0 saturated carbocycles. The van der Waals surface area contributed by atoms with Crippen LogP contribution in [0.5, 0.6) is 0 Å². The average Bonchev–Trinajstić information content (AvgIpc) is 3.14. The van der Waals surface area contributed by atoms with Crippen molar-refractivity contribution in [1.29, 1.82) is 0 Å². The van der Waals surface area contributed by atoms with Crippen molar-refractivity contribution in [3.05, 3.63) is 23.3 Å². The summed E-state index contributed by atoms with van der Waals surface area (Å²) in [5.41, 5.74) is 1.49. The summed E-state index contributed by atoms with van der Waals surface area (Å²) in [6.07, 6.45) is 7.89. The van der Waals surface area contributed by atoms with Gasteiger partial charge in [0.1, 0.15) is 11.2 Å². The zero-order valence-electron chi connectivity index (χ0n) is 20.9. The third-order valence-corrected chi connectivity index (χ3v) is 8.29. The predicted octanol–water partition coefficient (Wildman–Crippen LogP) is 4.96. The number of carbonyl (C=O) groups excluding carboxylic acids is 2. The van der Waals surface area contributed by atoms with Crippen molar-refractivity contribution in [3.63, 3.8) is 0 Å². The van der Waals surface area contributed by atoms with E-state index in [9.17, 15) is 9.59 Å². The van der Waals surface area contributed by atoms with Crippen LogP contribution in [0.4, 0.5) is 0 Å². The lowest BCUT2D eigenvalue weighted by Crippen LogP contribution is -2.52. The number of hydrogen-bond acceptors (Lipinski definition) is 4. The van der Waals surface area contributed by atoms with Crippen LogP contribution in [-0.4, -0.2) is 35.7 Å². The van der Waals surface area contributed by atoms with Crippen LogP contribution in [0.1, 0.15) is 80.6 Å². The maximum absolute atomic E-state index is 14.1. The summed E-state index contributed by atoms with van der Waals surface area (Å²) in [5.74, 6) is -0.186. The molecule has 7 atom stereocenters. The Morgan fingerprint density at radius 1 is 1.06 bits per heavy atom. The lowest BCUT2D eigenvalue weighted by atomic mass is 9.54. The Morgan fingerprint density at radius 2 is 1.69 bits per heavy atom. The van der Waals surface area contributed by atoms with Gasteiger partial charge in [-0.25, -0.2) is 0 Å². The monoisotopic (exact) mass is 443 g/mol. The smallest absolute Gasteiger partial charge is 0.235 e. The summed E-state index contributed by atoms with van der Waals surface area (Å²) in [5, 5.41) is 3.29. The van der Waals surface area contributed by atoms with Gasteiger partial charge < -0.3 is 14.8 Å². The molecule has 0 aromatic rings. The van der Waals surface area contributed by atoms with Crippen molar-refractivity contribution < 1.29 is 19.1 Å². The first-order valence-corrected chi connectivity index (χ1v) is 12.5. The molecule has 0 radical (unpaired) electrons. The Morgan fingerprint density at radius 3 is 2.31 bits per heavy atom. The lowest BCUT2D eigenvalue weighted by Gasteiger charge is -2.45. The molecule has 178 valence electrons. The van der Waals surface area contributed by atoms with Crippen LogP contribution >= 0.6 is 0 Å². The lowest BCUT2D eigenvalue weighted by molar-refractivity contribution is -0.151. The van der Waals surface area contributed by atoms with E-state index < -0.39 is 11.2 Å². The first kappa shape index (κ1) is 23.7. The van der Waals surface area contributed by atoms with E-state index in [1.807, 2.05) is 13.8 Å². The Balaban J connectivity index is 1.78. The number of carbonyl (C=O) groups is 2. The fraction of sp³-hybridized carbons (Fsp3) is 0.778. The van der Waals surface area contributed by atoms with E-state index in [2.05, 4.69) is 52.1 Å². The summed E-state index contributed by atoms with van der Waals surface area (Å²) in [4.78, 5) is 27.9. The maximum Gasteiger partial charge on any atom is 0.235 e. The molecule has 2 heterocycles. The Hall–Kier alpha value is -1.46.